The second-order valence-corrected chi connectivity index (χ2v) is 3.93. The molecule has 0 saturated heterocycles. The van der Waals surface area contributed by atoms with Crippen LogP contribution in [0, 0.1) is 5.82 Å². The maximum atomic E-state index is 12.6. The van der Waals surface area contributed by atoms with Crippen molar-refractivity contribution in [1.82, 2.24) is 10.6 Å². The monoisotopic (exact) mass is 304 g/mol. The second kappa shape index (κ2) is 7.41. The lowest BCUT2D eigenvalue weighted by molar-refractivity contribution is -0.173. The highest BCUT2D eigenvalue weighted by molar-refractivity contribution is 5.91. The Bertz CT molecular complexity index is 524. The second-order valence-electron chi connectivity index (χ2n) is 3.93. The lowest BCUT2D eigenvalue weighted by Crippen LogP contribution is -2.40. The van der Waals surface area contributed by atoms with Crippen LogP contribution in [0.5, 0.6) is 0 Å². The molecule has 1 rings (SSSR count). The SMILES string of the molecule is O=C(/C=C/c1ccc(F)cc1)NCCNC(=O)C(F)(F)F. The number of halogens is 4. The van der Waals surface area contributed by atoms with Crippen molar-refractivity contribution in [2.45, 2.75) is 6.18 Å². The van der Waals surface area contributed by atoms with Crippen molar-refractivity contribution in [2.75, 3.05) is 13.1 Å². The third-order valence-electron chi connectivity index (χ3n) is 2.26. The maximum Gasteiger partial charge on any atom is 0.471 e. The van der Waals surface area contributed by atoms with Gasteiger partial charge in [0.15, 0.2) is 0 Å². The number of rotatable bonds is 5. The number of carbonyl (C=O) groups excluding carboxylic acids is 2. The minimum absolute atomic E-state index is 0.144. The molecule has 0 aromatic heterocycles. The fourth-order valence-corrected chi connectivity index (χ4v) is 1.27. The summed E-state index contributed by atoms with van der Waals surface area (Å²) in [6, 6.07) is 5.37. The molecule has 0 spiro atoms. The van der Waals surface area contributed by atoms with Crippen LogP contribution >= 0.6 is 0 Å². The maximum absolute atomic E-state index is 12.6. The van der Waals surface area contributed by atoms with Crippen LogP contribution < -0.4 is 10.6 Å². The molecule has 2 N–H and O–H groups in total. The summed E-state index contributed by atoms with van der Waals surface area (Å²) >= 11 is 0. The molecule has 0 radical (unpaired) electrons. The van der Waals surface area contributed by atoms with Gasteiger partial charge in [-0.05, 0) is 23.8 Å². The predicted octanol–water partition coefficient (Wildman–Crippen LogP) is 1.63. The van der Waals surface area contributed by atoms with Gasteiger partial charge in [-0.25, -0.2) is 4.39 Å². The minimum atomic E-state index is -4.94. The Morgan fingerprint density at radius 1 is 1.05 bits per heavy atom. The average molecular weight is 304 g/mol. The lowest BCUT2D eigenvalue weighted by atomic mass is 10.2. The Labute approximate surface area is 117 Å². The molecular weight excluding hydrogens is 292 g/mol. The zero-order valence-electron chi connectivity index (χ0n) is 10.7. The van der Waals surface area contributed by atoms with Crippen molar-refractivity contribution in [3.63, 3.8) is 0 Å². The number of nitrogens with one attached hydrogen (secondary N) is 2. The highest BCUT2D eigenvalue weighted by atomic mass is 19.4. The van der Waals surface area contributed by atoms with Crippen LogP contribution in [0.4, 0.5) is 17.6 Å². The number of amides is 2. The van der Waals surface area contributed by atoms with E-state index in [1.54, 1.807) is 5.32 Å². The normalized spacial score (nSPS) is 11.4. The summed E-state index contributed by atoms with van der Waals surface area (Å²) in [4.78, 5) is 21.8. The third-order valence-corrected chi connectivity index (χ3v) is 2.26. The van der Waals surface area contributed by atoms with Crippen LogP contribution in [-0.2, 0) is 9.59 Å². The van der Waals surface area contributed by atoms with Crippen molar-refractivity contribution in [1.29, 1.82) is 0 Å². The standard InChI is InChI=1S/C13H12F4N2O2/c14-10-4-1-9(2-5-10)3-6-11(20)18-7-8-19-12(21)13(15,16)17/h1-6H,7-8H2,(H,18,20)(H,19,21)/b6-3+. The van der Waals surface area contributed by atoms with E-state index in [-0.39, 0.29) is 13.1 Å². The Hall–Kier alpha value is -2.38. The van der Waals surface area contributed by atoms with Gasteiger partial charge in [0.25, 0.3) is 0 Å². The smallest absolute Gasteiger partial charge is 0.351 e. The molecule has 0 aliphatic carbocycles. The number of hydrogen-bond donors (Lipinski definition) is 2. The summed E-state index contributed by atoms with van der Waals surface area (Å²) in [5.74, 6) is -3.00. The quantitative estimate of drug-likeness (QED) is 0.493. The molecule has 1 aromatic carbocycles. The first kappa shape index (κ1) is 16.7. The largest absolute Gasteiger partial charge is 0.471 e. The summed E-state index contributed by atoms with van der Waals surface area (Å²) in [7, 11) is 0. The van der Waals surface area contributed by atoms with E-state index in [0.717, 1.165) is 6.08 Å². The van der Waals surface area contributed by atoms with Crippen molar-refractivity contribution >= 4 is 17.9 Å². The Kier molecular flexibility index (Phi) is 5.89. The number of carbonyl (C=O) groups is 2. The van der Waals surface area contributed by atoms with Crippen molar-refractivity contribution < 1.29 is 27.2 Å². The molecule has 1 aromatic rings. The minimum Gasteiger partial charge on any atom is -0.351 e. The lowest BCUT2D eigenvalue weighted by Gasteiger charge is -2.07. The first-order chi connectivity index (χ1) is 9.79. The fourth-order valence-electron chi connectivity index (χ4n) is 1.27. The van der Waals surface area contributed by atoms with Crippen molar-refractivity contribution in [2.24, 2.45) is 0 Å². The molecule has 0 aliphatic heterocycles. The van der Waals surface area contributed by atoms with E-state index in [1.807, 2.05) is 0 Å². The van der Waals surface area contributed by atoms with Gasteiger partial charge in [0.05, 0.1) is 0 Å². The van der Waals surface area contributed by atoms with Gasteiger partial charge < -0.3 is 10.6 Å². The van der Waals surface area contributed by atoms with E-state index in [4.69, 9.17) is 0 Å². The molecule has 0 saturated carbocycles. The highest BCUT2D eigenvalue weighted by Crippen LogP contribution is 2.13. The fraction of sp³-hybridized carbons (Fsp3) is 0.231. The molecule has 21 heavy (non-hydrogen) atoms. The Balaban J connectivity index is 2.28. The van der Waals surface area contributed by atoms with Gasteiger partial charge in [-0.15, -0.1) is 0 Å². The van der Waals surface area contributed by atoms with Crippen LogP contribution in [-0.4, -0.2) is 31.1 Å². The topological polar surface area (TPSA) is 58.2 Å². The summed E-state index contributed by atoms with van der Waals surface area (Å²) in [6.45, 7) is -0.483. The molecule has 4 nitrogen and oxygen atoms in total. The van der Waals surface area contributed by atoms with Crippen LogP contribution in [0.15, 0.2) is 30.3 Å². The first-order valence-electron chi connectivity index (χ1n) is 5.85. The number of hydrogen-bond acceptors (Lipinski definition) is 2. The van der Waals surface area contributed by atoms with E-state index in [9.17, 15) is 27.2 Å². The molecule has 0 aliphatic rings. The molecule has 2 amide bonds. The van der Waals surface area contributed by atoms with Crippen LogP contribution in [0.25, 0.3) is 6.08 Å². The van der Waals surface area contributed by atoms with Gasteiger partial charge in [-0.1, -0.05) is 12.1 Å². The summed E-state index contributed by atoms with van der Waals surface area (Å²) < 4.78 is 48.1. The van der Waals surface area contributed by atoms with E-state index in [2.05, 4.69) is 5.32 Å². The third kappa shape index (κ3) is 6.55. The number of alkyl halides is 3. The van der Waals surface area contributed by atoms with Crippen LogP contribution in [0.1, 0.15) is 5.56 Å². The van der Waals surface area contributed by atoms with E-state index < -0.39 is 23.8 Å². The summed E-state index contributed by atoms with van der Waals surface area (Å²) in [6.07, 6.45) is -2.37. The van der Waals surface area contributed by atoms with Gasteiger partial charge in [0, 0.05) is 19.2 Å². The zero-order chi connectivity index (χ0) is 15.9. The van der Waals surface area contributed by atoms with Crippen molar-refractivity contribution in [3.05, 3.63) is 41.7 Å². The van der Waals surface area contributed by atoms with Gasteiger partial charge in [0.2, 0.25) is 5.91 Å². The number of benzene rings is 1. The van der Waals surface area contributed by atoms with Crippen molar-refractivity contribution in [3.8, 4) is 0 Å². The average Bonchev–Trinajstić information content (AvgIpc) is 2.41. The van der Waals surface area contributed by atoms with E-state index in [1.165, 1.54) is 30.3 Å². The Morgan fingerprint density at radius 3 is 2.19 bits per heavy atom. The van der Waals surface area contributed by atoms with Gasteiger partial charge in [-0.2, -0.15) is 13.2 Å². The van der Waals surface area contributed by atoms with E-state index in [0.29, 0.717) is 5.56 Å². The molecule has 0 heterocycles. The van der Waals surface area contributed by atoms with Gasteiger partial charge in [-0.3, -0.25) is 9.59 Å². The molecule has 0 unspecified atom stereocenters. The van der Waals surface area contributed by atoms with Crippen LogP contribution in [0.2, 0.25) is 0 Å². The summed E-state index contributed by atoms with van der Waals surface area (Å²) in [5.41, 5.74) is 0.594. The summed E-state index contributed by atoms with van der Waals surface area (Å²) in [5, 5.41) is 3.90. The molecule has 0 fully saturated rings. The highest BCUT2D eigenvalue weighted by Gasteiger charge is 2.38. The first-order valence-corrected chi connectivity index (χ1v) is 5.85. The van der Waals surface area contributed by atoms with E-state index >= 15 is 0 Å². The van der Waals surface area contributed by atoms with Crippen LogP contribution in [0.3, 0.4) is 0 Å². The zero-order valence-corrected chi connectivity index (χ0v) is 10.7. The molecule has 0 bridgehead atoms. The molecule has 0 atom stereocenters. The molecule has 8 heteroatoms. The van der Waals surface area contributed by atoms with Gasteiger partial charge >= 0.3 is 12.1 Å². The molecule has 114 valence electrons. The molecular formula is C13H12F4N2O2. The Morgan fingerprint density at radius 2 is 1.62 bits per heavy atom. The van der Waals surface area contributed by atoms with Gasteiger partial charge in [0.1, 0.15) is 5.82 Å². The predicted molar refractivity (Wildman–Crippen MR) is 67.5 cm³/mol.